The average molecular weight is 351 g/mol. The lowest BCUT2D eigenvalue weighted by molar-refractivity contribution is -0.915. The minimum absolute atomic E-state index is 0.0177. The molecule has 0 aliphatic carbocycles. The highest BCUT2D eigenvalue weighted by atomic mass is 32.1. The summed E-state index contributed by atoms with van der Waals surface area (Å²) < 4.78 is 0. The van der Waals surface area contributed by atoms with Crippen LogP contribution in [0.1, 0.15) is 22.0 Å². The van der Waals surface area contributed by atoms with Crippen LogP contribution in [0, 0.1) is 6.92 Å². The van der Waals surface area contributed by atoms with Gasteiger partial charge >= 0.3 is 0 Å². The highest BCUT2D eigenvalue weighted by Gasteiger charge is 2.29. The molecule has 0 aliphatic rings. The number of nitrogens with one attached hydrogen (secondary N) is 2. The lowest BCUT2D eigenvalue weighted by Gasteiger charge is -2.24. The van der Waals surface area contributed by atoms with Crippen LogP contribution in [-0.2, 0) is 11.3 Å². The highest BCUT2D eigenvalue weighted by molar-refractivity contribution is 7.09. The number of carbonyl (C=O) groups is 1. The van der Waals surface area contributed by atoms with Gasteiger partial charge in [0.2, 0.25) is 0 Å². The zero-order valence-electron chi connectivity index (χ0n) is 14.5. The van der Waals surface area contributed by atoms with E-state index in [2.05, 4.69) is 29.9 Å². The van der Waals surface area contributed by atoms with Crippen molar-refractivity contribution >= 4 is 22.9 Å². The van der Waals surface area contributed by atoms with Gasteiger partial charge in [-0.15, -0.1) is 11.3 Å². The van der Waals surface area contributed by atoms with Gasteiger partial charge in [0.05, 0.1) is 11.9 Å². The molecule has 3 nitrogen and oxygen atoms in total. The predicted molar refractivity (Wildman–Crippen MR) is 104 cm³/mol. The van der Waals surface area contributed by atoms with Crippen molar-refractivity contribution in [2.24, 2.45) is 0 Å². The number of amides is 1. The summed E-state index contributed by atoms with van der Waals surface area (Å²) in [6, 6.07) is 21.8. The Labute approximate surface area is 152 Å². The van der Waals surface area contributed by atoms with E-state index < -0.39 is 0 Å². The number of anilines is 1. The summed E-state index contributed by atoms with van der Waals surface area (Å²) in [6.45, 7) is 2.86. The van der Waals surface area contributed by atoms with Crippen molar-refractivity contribution in [3.05, 3.63) is 88.1 Å². The molecule has 1 unspecified atom stereocenters. The molecular formula is C21H23N2OS+. The van der Waals surface area contributed by atoms with E-state index in [1.54, 1.807) is 11.3 Å². The number of carbonyl (C=O) groups excluding carboxylic acids is 1. The molecule has 3 aromatic rings. The lowest BCUT2D eigenvalue weighted by Crippen LogP contribution is -3.09. The van der Waals surface area contributed by atoms with Crippen molar-refractivity contribution < 1.29 is 9.69 Å². The molecule has 2 aromatic carbocycles. The summed E-state index contributed by atoms with van der Waals surface area (Å²) in [7, 11) is 2.08. The Morgan fingerprint density at radius 1 is 1.04 bits per heavy atom. The van der Waals surface area contributed by atoms with E-state index in [1.165, 1.54) is 10.4 Å². The summed E-state index contributed by atoms with van der Waals surface area (Å²) in [5.74, 6) is 0.0177. The van der Waals surface area contributed by atoms with E-state index in [0.29, 0.717) is 0 Å². The molecule has 0 radical (unpaired) electrons. The predicted octanol–water partition coefficient (Wildman–Crippen LogP) is 3.45. The van der Waals surface area contributed by atoms with E-state index >= 15 is 0 Å². The number of quaternary nitrogens is 1. The Bertz CT molecular complexity index is 798. The smallest absolute Gasteiger partial charge is 0.287 e. The number of hydrogen-bond donors (Lipinski definition) is 2. The molecule has 0 fully saturated rings. The zero-order valence-corrected chi connectivity index (χ0v) is 15.3. The third-order valence-electron chi connectivity index (χ3n) is 4.24. The number of rotatable bonds is 6. The Hall–Kier alpha value is -2.43. The summed E-state index contributed by atoms with van der Waals surface area (Å²) in [5, 5.41) is 5.15. The first-order valence-corrected chi connectivity index (χ1v) is 9.28. The average Bonchev–Trinajstić information content (AvgIpc) is 3.11. The van der Waals surface area contributed by atoms with Crippen LogP contribution in [0.2, 0.25) is 0 Å². The van der Waals surface area contributed by atoms with E-state index in [1.807, 2.05) is 61.5 Å². The van der Waals surface area contributed by atoms with Crippen molar-refractivity contribution in [1.82, 2.24) is 0 Å². The van der Waals surface area contributed by atoms with Gasteiger partial charge in [0.15, 0.2) is 6.04 Å². The number of hydrogen-bond acceptors (Lipinski definition) is 2. The molecule has 25 heavy (non-hydrogen) atoms. The van der Waals surface area contributed by atoms with E-state index in [-0.39, 0.29) is 11.9 Å². The maximum absolute atomic E-state index is 13.0. The molecule has 0 saturated heterocycles. The van der Waals surface area contributed by atoms with Crippen LogP contribution in [0.15, 0.2) is 72.1 Å². The second kappa shape index (κ2) is 8.10. The Kier molecular flexibility index (Phi) is 5.64. The van der Waals surface area contributed by atoms with Gasteiger partial charge in [0.25, 0.3) is 5.91 Å². The molecule has 4 heteroatoms. The van der Waals surface area contributed by atoms with Gasteiger partial charge in [-0.25, -0.2) is 0 Å². The molecule has 128 valence electrons. The molecule has 2 atom stereocenters. The number of benzene rings is 2. The monoisotopic (exact) mass is 351 g/mol. The molecule has 0 aliphatic heterocycles. The molecule has 0 bridgehead atoms. The molecule has 1 heterocycles. The fraction of sp³-hybridized carbons (Fsp3) is 0.190. The topological polar surface area (TPSA) is 33.5 Å². The van der Waals surface area contributed by atoms with Gasteiger partial charge in [-0.05, 0) is 30.5 Å². The minimum Gasteiger partial charge on any atom is -0.321 e. The Morgan fingerprint density at radius 3 is 2.40 bits per heavy atom. The van der Waals surface area contributed by atoms with Crippen molar-refractivity contribution in [1.29, 1.82) is 0 Å². The summed E-state index contributed by atoms with van der Waals surface area (Å²) in [6.07, 6.45) is 0. The largest absolute Gasteiger partial charge is 0.321 e. The van der Waals surface area contributed by atoms with E-state index in [0.717, 1.165) is 22.7 Å². The molecule has 0 saturated carbocycles. The summed E-state index contributed by atoms with van der Waals surface area (Å²) >= 11 is 1.73. The Balaban J connectivity index is 1.82. The first kappa shape index (κ1) is 17.4. The zero-order chi connectivity index (χ0) is 17.6. The normalized spacial score (nSPS) is 13.2. The SMILES string of the molecule is Cc1ccc(NC(=O)[C@@H](c2ccccc2)[NH+](C)Cc2cccs2)cc1. The summed E-state index contributed by atoms with van der Waals surface area (Å²) in [5.41, 5.74) is 3.04. The highest BCUT2D eigenvalue weighted by Crippen LogP contribution is 2.15. The first-order valence-electron chi connectivity index (χ1n) is 8.40. The molecular weight excluding hydrogens is 328 g/mol. The minimum atomic E-state index is -0.260. The second-order valence-corrected chi connectivity index (χ2v) is 7.33. The van der Waals surface area contributed by atoms with Crippen LogP contribution in [0.25, 0.3) is 0 Å². The quantitative estimate of drug-likeness (QED) is 0.701. The maximum atomic E-state index is 13.0. The van der Waals surface area contributed by atoms with Crippen molar-refractivity contribution in [3.63, 3.8) is 0 Å². The number of aryl methyl sites for hydroxylation is 1. The number of thiophene rings is 1. The molecule has 0 spiro atoms. The summed E-state index contributed by atoms with van der Waals surface area (Å²) in [4.78, 5) is 15.5. The van der Waals surface area contributed by atoms with Crippen molar-refractivity contribution in [2.45, 2.75) is 19.5 Å². The van der Waals surface area contributed by atoms with Crippen LogP contribution in [0.3, 0.4) is 0 Å². The van der Waals surface area contributed by atoms with Crippen molar-refractivity contribution in [3.8, 4) is 0 Å². The molecule has 2 N–H and O–H groups in total. The van der Waals surface area contributed by atoms with Crippen LogP contribution >= 0.6 is 11.3 Å². The molecule has 1 amide bonds. The fourth-order valence-corrected chi connectivity index (χ4v) is 3.75. The van der Waals surface area contributed by atoms with Gasteiger partial charge in [-0.1, -0.05) is 54.1 Å². The maximum Gasteiger partial charge on any atom is 0.287 e. The van der Waals surface area contributed by atoms with Gasteiger partial charge in [0.1, 0.15) is 6.54 Å². The van der Waals surface area contributed by atoms with E-state index in [4.69, 9.17) is 0 Å². The fourth-order valence-electron chi connectivity index (χ4n) is 2.95. The number of likely N-dealkylation sites (N-methyl/N-ethyl adjacent to an activating group) is 1. The van der Waals surface area contributed by atoms with E-state index in [9.17, 15) is 4.79 Å². The van der Waals surface area contributed by atoms with Gasteiger partial charge in [-0.3, -0.25) is 4.79 Å². The molecule has 3 rings (SSSR count). The third-order valence-corrected chi connectivity index (χ3v) is 5.12. The Morgan fingerprint density at radius 2 is 1.76 bits per heavy atom. The third kappa shape index (κ3) is 4.56. The van der Waals surface area contributed by atoms with Crippen molar-refractivity contribution in [2.75, 3.05) is 12.4 Å². The standard InChI is InChI=1S/C21H22N2OS/c1-16-10-12-18(13-11-16)22-21(24)20(17-7-4-3-5-8-17)23(2)15-19-9-6-14-25-19/h3-14,20H,15H2,1-2H3,(H,22,24)/p+1/t20-/m1/s1. The van der Waals surface area contributed by atoms with Crippen LogP contribution in [-0.4, -0.2) is 13.0 Å². The van der Waals surface area contributed by atoms with Crippen LogP contribution in [0.5, 0.6) is 0 Å². The molecule has 1 aromatic heterocycles. The lowest BCUT2D eigenvalue weighted by atomic mass is 10.0. The van der Waals surface area contributed by atoms with Gasteiger partial charge < -0.3 is 10.2 Å². The second-order valence-electron chi connectivity index (χ2n) is 6.30. The van der Waals surface area contributed by atoms with Gasteiger partial charge in [0, 0.05) is 11.3 Å². The first-order chi connectivity index (χ1) is 12.1. The van der Waals surface area contributed by atoms with Gasteiger partial charge in [-0.2, -0.15) is 0 Å². The van der Waals surface area contributed by atoms with Crippen LogP contribution < -0.4 is 10.2 Å². The van der Waals surface area contributed by atoms with Crippen LogP contribution in [0.4, 0.5) is 5.69 Å².